The Morgan fingerprint density at radius 3 is 1.63 bits per heavy atom. The van der Waals surface area contributed by atoms with Crippen LogP contribution in [0.2, 0.25) is 0 Å². The van der Waals surface area contributed by atoms with Crippen molar-refractivity contribution in [2.75, 3.05) is 20.4 Å². The highest BCUT2D eigenvalue weighted by atomic mass is 16.7. The lowest BCUT2D eigenvalue weighted by atomic mass is 10.1. The van der Waals surface area contributed by atoms with E-state index in [4.69, 9.17) is 28.4 Å². The van der Waals surface area contributed by atoms with Crippen molar-refractivity contribution in [2.45, 2.75) is 13.8 Å². The van der Waals surface area contributed by atoms with Gasteiger partial charge in [-0.25, -0.2) is 0 Å². The first kappa shape index (κ1) is 17.0. The quantitative estimate of drug-likeness (QED) is 0.565. The van der Waals surface area contributed by atoms with E-state index in [1.807, 2.05) is 0 Å². The minimum Gasteiger partial charge on any atom is -0.453 e. The number of carbonyl (C=O) groups is 2. The van der Waals surface area contributed by atoms with Gasteiger partial charge in [0.25, 0.3) is 0 Å². The Labute approximate surface area is 154 Å². The van der Waals surface area contributed by atoms with Crippen molar-refractivity contribution < 1.29 is 38.0 Å². The summed E-state index contributed by atoms with van der Waals surface area (Å²) in [5.41, 5.74) is 0.681. The molecule has 2 aliphatic heterocycles. The molecule has 2 aliphatic rings. The first-order chi connectivity index (χ1) is 13.1. The van der Waals surface area contributed by atoms with Gasteiger partial charge in [0.05, 0.1) is 11.1 Å². The summed E-state index contributed by atoms with van der Waals surface area (Å²) < 4.78 is 32.8. The molecule has 0 saturated carbocycles. The molecule has 0 bridgehead atoms. The molecule has 0 saturated heterocycles. The average molecular weight is 372 g/mol. The third-order valence-electron chi connectivity index (χ3n) is 4.15. The summed E-state index contributed by atoms with van der Waals surface area (Å²) in [6.07, 6.45) is 0. The molecule has 0 N–H and O–H groups in total. The minimum atomic E-state index is -0.278. The first-order valence-electron chi connectivity index (χ1n) is 8.19. The summed E-state index contributed by atoms with van der Waals surface area (Å²) in [6, 6.07) is 6.50. The summed E-state index contributed by atoms with van der Waals surface area (Å²) in [4.78, 5) is 23.8. The van der Waals surface area contributed by atoms with E-state index in [0.29, 0.717) is 34.1 Å². The highest BCUT2D eigenvalue weighted by Gasteiger charge is 2.26. The van der Waals surface area contributed by atoms with E-state index in [9.17, 15) is 9.59 Å². The molecular weight excluding hydrogens is 356 g/mol. The Bertz CT molecular complexity index is 858. The van der Waals surface area contributed by atoms with E-state index in [-0.39, 0.29) is 43.4 Å². The van der Waals surface area contributed by atoms with Crippen molar-refractivity contribution in [3.8, 4) is 34.5 Å². The lowest BCUT2D eigenvalue weighted by Gasteiger charge is -2.15. The van der Waals surface area contributed by atoms with E-state index in [1.54, 1.807) is 24.3 Å². The van der Waals surface area contributed by atoms with Gasteiger partial charge in [-0.15, -0.1) is 0 Å². The molecule has 2 aromatic rings. The second kappa shape index (κ2) is 6.71. The van der Waals surface area contributed by atoms with Crippen LogP contribution in [0, 0.1) is 0 Å². The maximum atomic E-state index is 11.9. The monoisotopic (exact) mass is 372 g/mol. The van der Waals surface area contributed by atoms with Crippen LogP contribution in [-0.4, -0.2) is 31.9 Å². The predicted octanol–water partition coefficient (Wildman–Crippen LogP) is 2.96. The maximum absolute atomic E-state index is 11.9. The van der Waals surface area contributed by atoms with Gasteiger partial charge in [-0.3, -0.25) is 9.59 Å². The third-order valence-corrected chi connectivity index (χ3v) is 4.15. The molecule has 0 aliphatic carbocycles. The lowest BCUT2D eigenvalue weighted by molar-refractivity contribution is 0.0941. The first-order valence-corrected chi connectivity index (χ1v) is 8.19. The second-order valence-corrected chi connectivity index (χ2v) is 5.87. The third kappa shape index (κ3) is 2.99. The average Bonchev–Trinajstić information content (AvgIpc) is 3.30. The van der Waals surface area contributed by atoms with Gasteiger partial charge in [0.2, 0.25) is 31.9 Å². The normalized spacial score (nSPS) is 13.4. The molecule has 2 aromatic carbocycles. The molecule has 8 nitrogen and oxygen atoms in total. The number of benzene rings is 2. The summed E-state index contributed by atoms with van der Waals surface area (Å²) in [6.45, 7) is 2.66. The fourth-order valence-corrected chi connectivity index (χ4v) is 2.88. The number of hydrogen-bond donors (Lipinski definition) is 0. The molecule has 4 rings (SSSR count). The molecule has 2 heterocycles. The van der Waals surface area contributed by atoms with Crippen LogP contribution in [-0.2, 0) is 0 Å². The fraction of sp³-hybridized carbons (Fsp3) is 0.263. The molecule has 0 unspecified atom stereocenters. The molecular formula is C19H16O8. The van der Waals surface area contributed by atoms with Gasteiger partial charge in [-0.1, -0.05) is 0 Å². The fourth-order valence-electron chi connectivity index (χ4n) is 2.88. The molecule has 0 aromatic heterocycles. The number of rotatable bonds is 6. The number of ether oxygens (including phenoxy) is 6. The van der Waals surface area contributed by atoms with Crippen LogP contribution >= 0.6 is 0 Å². The van der Waals surface area contributed by atoms with Crippen LogP contribution in [0.1, 0.15) is 34.6 Å². The Balaban J connectivity index is 1.60. The van der Waals surface area contributed by atoms with E-state index in [2.05, 4.69) is 0 Å². The van der Waals surface area contributed by atoms with Gasteiger partial charge in [-0.2, -0.15) is 0 Å². The van der Waals surface area contributed by atoms with Gasteiger partial charge in [0, 0.05) is 0 Å². The Morgan fingerprint density at radius 2 is 1.22 bits per heavy atom. The zero-order valence-electron chi connectivity index (χ0n) is 14.7. The van der Waals surface area contributed by atoms with E-state index in [1.165, 1.54) is 13.8 Å². The molecule has 0 atom stereocenters. The Hall–Kier alpha value is -3.42. The smallest absolute Gasteiger partial charge is 0.231 e. The summed E-state index contributed by atoms with van der Waals surface area (Å²) in [5.74, 6) is 1.73. The molecule has 8 heteroatoms. The maximum Gasteiger partial charge on any atom is 0.231 e. The Kier molecular flexibility index (Phi) is 4.23. The molecule has 140 valence electrons. The van der Waals surface area contributed by atoms with Crippen LogP contribution in [0.3, 0.4) is 0 Å². The molecule has 0 radical (unpaired) electrons. The van der Waals surface area contributed by atoms with Crippen molar-refractivity contribution >= 4 is 11.6 Å². The topological polar surface area (TPSA) is 89.5 Å². The molecule has 0 amide bonds. The van der Waals surface area contributed by atoms with E-state index < -0.39 is 0 Å². The van der Waals surface area contributed by atoms with Crippen LogP contribution < -0.4 is 28.4 Å². The predicted molar refractivity (Wildman–Crippen MR) is 91.3 cm³/mol. The van der Waals surface area contributed by atoms with Crippen molar-refractivity contribution in [1.82, 2.24) is 0 Å². The van der Waals surface area contributed by atoms with Gasteiger partial charge in [-0.05, 0) is 38.1 Å². The zero-order valence-corrected chi connectivity index (χ0v) is 14.7. The Morgan fingerprint density at radius 1 is 0.778 bits per heavy atom. The number of hydrogen-bond acceptors (Lipinski definition) is 8. The van der Waals surface area contributed by atoms with Gasteiger partial charge in [0.1, 0.15) is 0 Å². The highest BCUT2D eigenvalue weighted by molar-refractivity contribution is 5.99. The van der Waals surface area contributed by atoms with Crippen molar-refractivity contribution in [1.29, 1.82) is 0 Å². The minimum absolute atomic E-state index is 0.0414. The van der Waals surface area contributed by atoms with Gasteiger partial charge < -0.3 is 28.4 Å². The van der Waals surface area contributed by atoms with Gasteiger partial charge >= 0.3 is 0 Å². The molecule has 0 fully saturated rings. The summed E-state index contributed by atoms with van der Waals surface area (Å²) >= 11 is 0. The molecule has 0 spiro atoms. The van der Waals surface area contributed by atoms with Crippen LogP contribution in [0.4, 0.5) is 0 Å². The lowest BCUT2D eigenvalue weighted by Crippen LogP contribution is -2.11. The van der Waals surface area contributed by atoms with Crippen molar-refractivity contribution in [2.24, 2.45) is 0 Å². The van der Waals surface area contributed by atoms with Crippen LogP contribution in [0.15, 0.2) is 24.3 Å². The van der Waals surface area contributed by atoms with Crippen LogP contribution in [0.25, 0.3) is 0 Å². The highest BCUT2D eigenvalue weighted by Crippen LogP contribution is 2.45. The van der Waals surface area contributed by atoms with Crippen molar-refractivity contribution in [3.63, 3.8) is 0 Å². The molecule has 27 heavy (non-hydrogen) atoms. The van der Waals surface area contributed by atoms with Gasteiger partial charge in [0.15, 0.2) is 34.6 Å². The van der Waals surface area contributed by atoms with Crippen LogP contribution in [0.5, 0.6) is 34.5 Å². The zero-order chi connectivity index (χ0) is 19.0. The number of fused-ring (bicyclic) bond motifs is 2. The number of carbonyl (C=O) groups excluding carboxylic acids is 2. The van der Waals surface area contributed by atoms with Crippen molar-refractivity contribution in [3.05, 3.63) is 35.4 Å². The second-order valence-electron chi connectivity index (χ2n) is 5.87. The largest absolute Gasteiger partial charge is 0.453 e. The summed E-state index contributed by atoms with van der Waals surface area (Å²) in [5, 5.41) is 0. The van der Waals surface area contributed by atoms with E-state index in [0.717, 1.165) is 0 Å². The van der Waals surface area contributed by atoms with E-state index >= 15 is 0 Å². The number of Topliss-reactive ketones (excluding diaryl/α,β-unsaturated/α-hetero) is 2. The standard InChI is InChI=1S/C19H16O8/c1-10(20)12-3-5-14-18(26-7-22-14)16(12)24-9-25-17-13(11(2)21)4-6-15-19(17)27-8-23-15/h3-6H,7-9H2,1-2H3. The SMILES string of the molecule is CC(=O)c1ccc2c(c1OCOc1c(C(C)=O)ccc3c1OCO3)OCO2. The summed E-state index contributed by atoms with van der Waals surface area (Å²) in [7, 11) is 0. The number of ketones is 2.